The number of nitrogens with zero attached hydrogens (tertiary/aromatic N) is 2. The number of benzene rings is 4. The van der Waals surface area contributed by atoms with E-state index in [0.717, 1.165) is 27.0 Å². The van der Waals surface area contributed by atoms with E-state index in [1.54, 1.807) is 16.9 Å². The van der Waals surface area contributed by atoms with E-state index in [4.69, 9.17) is 4.74 Å². The second kappa shape index (κ2) is 9.80. The first-order chi connectivity index (χ1) is 18.6. The van der Waals surface area contributed by atoms with Crippen molar-refractivity contribution in [2.75, 3.05) is 16.9 Å². The second-order valence-corrected chi connectivity index (χ2v) is 9.95. The van der Waals surface area contributed by atoms with Crippen LogP contribution in [-0.2, 0) is 9.59 Å². The molecule has 5 nitrogen and oxygen atoms in total. The fourth-order valence-corrected chi connectivity index (χ4v) is 5.34. The molecule has 0 bridgehead atoms. The van der Waals surface area contributed by atoms with Crippen LogP contribution in [0.4, 0.5) is 11.4 Å². The second-order valence-electron chi connectivity index (χ2n) is 9.03. The van der Waals surface area contributed by atoms with E-state index >= 15 is 0 Å². The van der Waals surface area contributed by atoms with E-state index in [1.807, 2.05) is 115 Å². The monoisotopic (exact) mass is 562 g/mol. The van der Waals surface area contributed by atoms with Gasteiger partial charge in [-0.1, -0.05) is 76.6 Å². The molecule has 2 amide bonds. The Bertz CT molecular complexity index is 1580. The molecule has 0 unspecified atom stereocenters. The molecule has 0 radical (unpaired) electrons. The Morgan fingerprint density at radius 2 is 1.34 bits per heavy atom. The lowest BCUT2D eigenvalue weighted by atomic mass is 9.93. The number of halogens is 1. The van der Waals surface area contributed by atoms with Gasteiger partial charge in [-0.05, 0) is 65.7 Å². The Labute approximate surface area is 229 Å². The van der Waals surface area contributed by atoms with Crippen LogP contribution in [0, 0.1) is 0 Å². The predicted molar refractivity (Wildman–Crippen MR) is 153 cm³/mol. The molecule has 2 aliphatic rings. The Kier molecular flexibility index (Phi) is 6.18. The van der Waals surface area contributed by atoms with Gasteiger partial charge >= 0.3 is 0 Å². The minimum absolute atomic E-state index is 0.213. The molecule has 0 saturated carbocycles. The summed E-state index contributed by atoms with van der Waals surface area (Å²) in [4.78, 5) is 31.7. The van der Waals surface area contributed by atoms with Crippen LogP contribution in [0.15, 0.2) is 131 Å². The van der Waals surface area contributed by atoms with Gasteiger partial charge in [-0.25, -0.2) is 0 Å². The zero-order valence-corrected chi connectivity index (χ0v) is 22.1. The Morgan fingerprint density at radius 1 is 0.737 bits per heavy atom. The lowest BCUT2D eigenvalue weighted by molar-refractivity contribution is -0.118. The van der Waals surface area contributed by atoms with Gasteiger partial charge in [0.1, 0.15) is 11.4 Å². The summed E-state index contributed by atoms with van der Waals surface area (Å²) in [6.07, 6.45) is 1.87. The topological polar surface area (TPSA) is 49.9 Å². The van der Waals surface area contributed by atoms with Crippen molar-refractivity contribution >= 4 is 45.2 Å². The average molecular weight is 563 g/mol. The van der Waals surface area contributed by atoms with Crippen molar-refractivity contribution in [1.82, 2.24) is 0 Å². The van der Waals surface area contributed by atoms with E-state index < -0.39 is 6.04 Å². The third-order valence-corrected chi connectivity index (χ3v) is 7.35. The molecular formula is C32H23BrN2O3. The van der Waals surface area contributed by atoms with Gasteiger partial charge in [0.05, 0.1) is 13.2 Å². The lowest BCUT2D eigenvalue weighted by Gasteiger charge is -2.30. The molecule has 38 heavy (non-hydrogen) atoms. The summed E-state index contributed by atoms with van der Waals surface area (Å²) in [7, 11) is 1.62. The first-order valence-electron chi connectivity index (χ1n) is 12.2. The van der Waals surface area contributed by atoms with Gasteiger partial charge < -0.3 is 4.74 Å². The largest absolute Gasteiger partial charge is 0.497 e. The molecule has 0 aromatic heterocycles. The molecule has 0 fully saturated rings. The fraction of sp³-hybridized carbons (Fsp3) is 0.0625. The van der Waals surface area contributed by atoms with Crippen molar-refractivity contribution in [3.05, 3.63) is 142 Å². The van der Waals surface area contributed by atoms with Gasteiger partial charge in [-0.15, -0.1) is 0 Å². The minimum atomic E-state index is -0.477. The SMILES string of the molecule is COc1ccc(/C=C2\C(=O)N(c3ccccc3)C3=C2[C@H](c2ccc(Br)cc2)N(c2ccccc2)C3=O)cc1. The maximum absolute atomic E-state index is 14.3. The predicted octanol–water partition coefficient (Wildman–Crippen LogP) is 6.93. The number of anilines is 2. The summed E-state index contributed by atoms with van der Waals surface area (Å²) in [5.74, 6) is 0.296. The van der Waals surface area contributed by atoms with E-state index in [9.17, 15) is 9.59 Å². The molecule has 186 valence electrons. The maximum Gasteiger partial charge on any atom is 0.276 e. The summed E-state index contributed by atoms with van der Waals surface area (Å²) < 4.78 is 6.24. The zero-order chi connectivity index (χ0) is 26.2. The molecule has 2 aliphatic heterocycles. The van der Waals surface area contributed by atoms with Crippen molar-refractivity contribution in [1.29, 1.82) is 0 Å². The van der Waals surface area contributed by atoms with Gasteiger partial charge in [-0.3, -0.25) is 19.4 Å². The van der Waals surface area contributed by atoms with Crippen LogP contribution in [0.25, 0.3) is 6.08 Å². The highest BCUT2D eigenvalue weighted by molar-refractivity contribution is 9.10. The number of carbonyl (C=O) groups excluding carboxylic acids is 2. The van der Waals surface area contributed by atoms with E-state index in [1.165, 1.54) is 0 Å². The smallest absolute Gasteiger partial charge is 0.276 e. The maximum atomic E-state index is 14.3. The van der Waals surface area contributed by atoms with E-state index in [2.05, 4.69) is 15.9 Å². The normalized spacial score (nSPS) is 17.9. The highest BCUT2D eigenvalue weighted by Gasteiger charge is 2.52. The number of para-hydroxylation sites is 2. The van der Waals surface area contributed by atoms with Gasteiger partial charge in [-0.2, -0.15) is 0 Å². The zero-order valence-electron chi connectivity index (χ0n) is 20.5. The fourth-order valence-electron chi connectivity index (χ4n) is 5.08. The van der Waals surface area contributed by atoms with Gasteiger partial charge in [0.15, 0.2) is 0 Å². The molecule has 0 aliphatic carbocycles. The molecule has 6 heteroatoms. The van der Waals surface area contributed by atoms with Crippen LogP contribution < -0.4 is 14.5 Å². The number of rotatable bonds is 5. The van der Waals surface area contributed by atoms with Crippen LogP contribution in [0.2, 0.25) is 0 Å². The number of methoxy groups -OCH3 is 1. The first kappa shape index (κ1) is 23.9. The molecule has 2 heterocycles. The number of hydrogen-bond donors (Lipinski definition) is 0. The van der Waals surface area contributed by atoms with Crippen LogP contribution in [-0.4, -0.2) is 18.9 Å². The molecular weight excluding hydrogens is 540 g/mol. The van der Waals surface area contributed by atoms with Crippen LogP contribution in [0.3, 0.4) is 0 Å². The lowest BCUT2D eigenvalue weighted by Crippen LogP contribution is -2.38. The molecule has 0 N–H and O–H groups in total. The van der Waals surface area contributed by atoms with Crippen LogP contribution in [0.1, 0.15) is 17.2 Å². The molecule has 6 rings (SSSR count). The molecule has 4 aromatic rings. The van der Waals surface area contributed by atoms with Crippen molar-refractivity contribution in [3.63, 3.8) is 0 Å². The minimum Gasteiger partial charge on any atom is -0.497 e. The third-order valence-electron chi connectivity index (χ3n) is 6.82. The Morgan fingerprint density at radius 3 is 1.95 bits per heavy atom. The Balaban J connectivity index is 1.59. The highest BCUT2D eigenvalue weighted by Crippen LogP contribution is 2.50. The first-order valence-corrected chi connectivity index (χ1v) is 13.0. The summed E-state index contributed by atoms with van der Waals surface area (Å²) in [6.45, 7) is 0. The van der Waals surface area contributed by atoms with Crippen molar-refractivity contribution in [2.24, 2.45) is 0 Å². The number of amides is 2. The van der Waals surface area contributed by atoms with E-state index in [0.29, 0.717) is 22.5 Å². The summed E-state index contributed by atoms with van der Waals surface area (Å²) in [5, 5.41) is 0. The van der Waals surface area contributed by atoms with Crippen LogP contribution in [0.5, 0.6) is 5.75 Å². The molecule has 1 atom stereocenters. The Hall–Kier alpha value is -4.42. The summed E-state index contributed by atoms with van der Waals surface area (Å²) >= 11 is 3.52. The molecule has 0 saturated heterocycles. The summed E-state index contributed by atoms with van der Waals surface area (Å²) in [6, 6.07) is 33.9. The van der Waals surface area contributed by atoms with Crippen molar-refractivity contribution in [3.8, 4) is 5.75 Å². The van der Waals surface area contributed by atoms with Crippen molar-refractivity contribution < 1.29 is 14.3 Å². The quantitative estimate of drug-likeness (QED) is 0.248. The molecule has 0 spiro atoms. The number of hydrogen-bond acceptors (Lipinski definition) is 3. The summed E-state index contributed by atoms with van der Waals surface area (Å²) in [5.41, 5.74) is 4.76. The van der Waals surface area contributed by atoms with Crippen molar-refractivity contribution in [2.45, 2.75) is 6.04 Å². The molecule has 4 aromatic carbocycles. The van der Waals surface area contributed by atoms with Gasteiger partial charge in [0.2, 0.25) is 0 Å². The van der Waals surface area contributed by atoms with Gasteiger partial charge in [0.25, 0.3) is 11.8 Å². The number of ether oxygens (including phenoxy) is 1. The van der Waals surface area contributed by atoms with Gasteiger partial charge in [0, 0.05) is 27.0 Å². The standard InChI is InChI=1S/C32H23BrN2O3/c1-38-26-18-12-21(13-19-26)20-27-28-29(22-14-16-23(33)17-15-22)34(24-8-4-2-5-9-24)32(37)30(28)35(31(27)36)25-10-6-3-7-11-25/h2-20,29H,1H3/b27-20-/t29-/m0/s1. The average Bonchev–Trinajstić information content (AvgIpc) is 3.41. The van der Waals surface area contributed by atoms with E-state index in [-0.39, 0.29) is 11.8 Å². The third kappa shape index (κ3) is 4.03. The number of carbonyl (C=O) groups is 2. The highest BCUT2D eigenvalue weighted by atomic mass is 79.9. The van der Waals surface area contributed by atoms with Crippen LogP contribution >= 0.6 is 15.9 Å².